The Balaban J connectivity index is 1.39. The molecule has 2 aromatic heterocycles. The topological polar surface area (TPSA) is 59.5 Å². The third-order valence-corrected chi connectivity index (χ3v) is 7.14. The third-order valence-electron chi connectivity index (χ3n) is 4.93. The summed E-state index contributed by atoms with van der Waals surface area (Å²) in [6, 6.07) is 6.57. The van der Waals surface area contributed by atoms with Gasteiger partial charge in [0.05, 0.1) is 11.3 Å². The summed E-state index contributed by atoms with van der Waals surface area (Å²) in [4.78, 5) is 32.3. The van der Waals surface area contributed by atoms with Crippen LogP contribution >= 0.6 is 22.7 Å². The molecule has 3 aromatic rings. The molecule has 31 heavy (non-hydrogen) atoms. The average Bonchev–Trinajstić information content (AvgIpc) is 3.37. The Kier molecular flexibility index (Phi) is 5.85. The summed E-state index contributed by atoms with van der Waals surface area (Å²) in [5.41, 5.74) is 1.24. The molecule has 0 radical (unpaired) electrons. The normalized spacial score (nSPS) is 13.7. The predicted octanol–water partition coefficient (Wildman–Crippen LogP) is 4.94. The number of amides is 1. The molecular formula is C21H17F3N2O3S2. The summed E-state index contributed by atoms with van der Waals surface area (Å²) < 4.78 is 43.4. The van der Waals surface area contributed by atoms with Crippen LogP contribution < -0.4 is 0 Å². The Labute approximate surface area is 184 Å². The number of carbonyl (C=O) groups excluding carboxylic acids is 2. The number of esters is 1. The SMILES string of the molecule is Cc1nc(-c2ccc(C(F)(F)F)cc2)sc1C(=O)OCC(=O)N1CCc2sccc2C1. The van der Waals surface area contributed by atoms with Gasteiger partial charge in [0.2, 0.25) is 0 Å². The molecule has 0 aliphatic carbocycles. The van der Waals surface area contributed by atoms with Crippen molar-refractivity contribution in [1.29, 1.82) is 0 Å². The number of fused-ring (bicyclic) bond motifs is 1. The molecule has 4 rings (SSSR count). The summed E-state index contributed by atoms with van der Waals surface area (Å²) in [6.45, 7) is 2.34. The van der Waals surface area contributed by atoms with Crippen molar-refractivity contribution in [3.05, 3.63) is 62.3 Å². The van der Waals surface area contributed by atoms with Crippen molar-refractivity contribution in [3.63, 3.8) is 0 Å². The first kappa shape index (κ1) is 21.5. The van der Waals surface area contributed by atoms with Crippen molar-refractivity contribution in [2.75, 3.05) is 13.2 Å². The van der Waals surface area contributed by atoms with Gasteiger partial charge in [0, 0.05) is 23.5 Å². The number of alkyl halides is 3. The number of halogens is 3. The second kappa shape index (κ2) is 8.43. The number of carbonyl (C=O) groups is 2. The number of rotatable bonds is 4. The van der Waals surface area contributed by atoms with Crippen LogP contribution in [0.2, 0.25) is 0 Å². The van der Waals surface area contributed by atoms with Crippen molar-refractivity contribution in [3.8, 4) is 10.6 Å². The van der Waals surface area contributed by atoms with Crippen LogP contribution in [0.5, 0.6) is 0 Å². The zero-order valence-electron chi connectivity index (χ0n) is 16.4. The minimum absolute atomic E-state index is 0.224. The lowest BCUT2D eigenvalue weighted by Gasteiger charge is -2.26. The van der Waals surface area contributed by atoms with Crippen molar-refractivity contribution in [2.45, 2.75) is 26.1 Å². The highest BCUT2D eigenvalue weighted by Gasteiger charge is 2.30. The van der Waals surface area contributed by atoms with E-state index in [1.807, 2.05) is 11.4 Å². The van der Waals surface area contributed by atoms with Gasteiger partial charge in [0.25, 0.3) is 5.91 Å². The minimum Gasteiger partial charge on any atom is -0.451 e. The van der Waals surface area contributed by atoms with Gasteiger partial charge < -0.3 is 9.64 Å². The predicted molar refractivity (Wildman–Crippen MR) is 111 cm³/mol. The summed E-state index contributed by atoms with van der Waals surface area (Å²) in [6.07, 6.45) is -3.63. The monoisotopic (exact) mass is 466 g/mol. The molecular weight excluding hydrogens is 449 g/mol. The van der Waals surface area contributed by atoms with Gasteiger partial charge >= 0.3 is 12.1 Å². The molecule has 10 heteroatoms. The van der Waals surface area contributed by atoms with E-state index in [4.69, 9.17) is 4.74 Å². The van der Waals surface area contributed by atoms with Gasteiger partial charge in [-0.25, -0.2) is 9.78 Å². The lowest BCUT2D eigenvalue weighted by atomic mass is 10.1. The van der Waals surface area contributed by atoms with Crippen LogP contribution in [-0.2, 0) is 28.7 Å². The van der Waals surface area contributed by atoms with Crippen LogP contribution in [0, 0.1) is 6.92 Å². The number of aromatic nitrogens is 1. The first-order valence-corrected chi connectivity index (χ1v) is 11.1. The van der Waals surface area contributed by atoms with Gasteiger partial charge in [-0.3, -0.25) is 4.79 Å². The Hall–Kier alpha value is -2.72. The van der Waals surface area contributed by atoms with Gasteiger partial charge in [-0.2, -0.15) is 13.2 Å². The maximum atomic E-state index is 12.7. The van der Waals surface area contributed by atoms with Crippen LogP contribution in [0.3, 0.4) is 0 Å². The smallest absolute Gasteiger partial charge is 0.416 e. The number of thiophene rings is 1. The standard InChI is InChI=1S/C21H17F3N2O3S2/c1-12-18(31-19(25-12)13-2-4-15(5-3-13)21(22,23)24)20(28)29-11-17(27)26-8-6-16-14(10-26)7-9-30-16/h2-5,7,9H,6,8,10-11H2,1H3. The Morgan fingerprint density at radius 2 is 1.94 bits per heavy atom. The largest absolute Gasteiger partial charge is 0.451 e. The Morgan fingerprint density at radius 3 is 2.65 bits per heavy atom. The second-order valence-corrected chi connectivity index (χ2v) is 9.02. The van der Waals surface area contributed by atoms with Crippen molar-refractivity contribution < 1.29 is 27.5 Å². The number of benzene rings is 1. The van der Waals surface area contributed by atoms with E-state index in [1.54, 1.807) is 23.2 Å². The van der Waals surface area contributed by atoms with Crippen LogP contribution in [0.4, 0.5) is 13.2 Å². The van der Waals surface area contributed by atoms with Crippen LogP contribution in [0.15, 0.2) is 35.7 Å². The molecule has 1 amide bonds. The number of ether oxygens (including phenoxy) is 1. The number of nitrogens with zero attached hydrogens (tertiary/aromatic N) is 2. The van der Waals surface area contributed by atoms with E-state index < -0.39 is 17.7 Å². The van der Waals surface area contributed by atoms with E-state index in [0.29, 0.717) is 29.4 Å². The van der Waals surface area contributed by atoms with E-state index in [2.05, 4.69) is 4.98 Å². The molecule has 162 valence electrons. The fourth-order valence-electron chi connectivity index (χ4n) is 3.26. The number of hydrogen-bond acceptors (Lipinski definition) is 6. The highest BCUT2D eigenvalue weighted by molar-refractivity contribution is 7.17. The van der Waals surface area contributed by atoms with Gasteiger partial charge in [-0.05, 0) is 42.5 Å². The molecule has 1 aliphatic rings. The zero-order chi connectivity index (χ0) is 22.2. The van der Waals surface area contributed by atoms with Crippen LogP contribution in [0.1, 0.15) is 31.4 Å². The molecule has 0 saturated heterocycles. The van der Waals surface area contributed by atoms with Gasteiger partial charge in [-0.1, -0.05) is 12.1 Å². The molecule has 0 atom stereocenters. The number of hydrogen-bond donors (Lipinski definition) is 0. The van der Waals surface area contributed by atoms with Crippen molar-refractivity contribution in [1.82, 2.24) is 9.88 Å². The highest BCUT2D eigenvalue weighted by Crippen LogP contribution is 2.33. The zero-order valence-corrected chi connectivity index (χ0v) is 18.0. The molecule has 0 bridgehead atoms. The molecule has 0 spiro atoms. The first-order chi connectivity index (χ1) is 14.7. The third kappa shape index (κ3) is 4.64. The fraction of sp³-hybridized carbons (Fsp3) is 0.286. The highest BCUT2D eigenvalue weighted by atomic mass is 32.1. The van der Waals surface area contributed by atoms with Crippen LogP contribution in [-0.4, -0.2) is 34.9 Å². The van der Waals surface area contributed by atoms with E-state index in [0.717, 1.165) is 35.5 Å². The molecule has 1 aromatic carbocycles. The summed E-state index contributed by atoms with van der Waals surface area (Å²) in [5, 5.41) is 2.41. The second-order valence-electron chi connectivity index (χ2n) is 7.02. The Morgan fingerprint density at radius 1 is 1.19 bits per heavy atom. The summed E-state index contributed by atoms with van der Waals surface area (Å²) in [5.74, 6) is -0.940. The summed E-state index contributed by atoms with van der Waals surface area (Å²) in [7, 11) is 0. The quantitative estimate of drug-likeness (QED) is 0.511. The lowest BCUT2D eigenvalue weighted by molar-refractivity contribution is -0.137. The van der Waals surface area contributed by atoms with Crippen molar-refractivity contribution >= 4 is 34.6 Å². The molecule has 0 N–H and O–H groups in total. The molecule has 3 heterocycles. The molecule has 0 saturated carbocycles. The van der Waals surface area contributed by atoms with E-state index in [1.165, 1.54) is 17.0 Å². The molecule has 0 fully saturated rings. The van der Waals surface area contributed by atoms with E-state index >= 15 is 0 Å². The first-order valence-electron chi connectivity index (χ1n) is 9.37. The summed E-state index contributed by atoms with van der Waals surface area (Å²) >= 11 is 2.70. The van der Waals surface area contributed by atoms with Crippen LogP contribution in [0.25, 0.3) is 10.6 Å². The maximum absolute atomic E-state index is 12.7. The number of thiazole rings is 1. The lowest BCUT2D eigenvalue weighted by Crippen LogP contribution is -2.38. The van der Waals surface area contributed by atoms with Gasteiger partial charge in [-0.15, -0.1) is 22.7 Å². The van der Waals surface area contributed by atoms with E-state index in [9.17, 15) is 22.8 Å². The van der Waals surface area contributed by atoms with Crippen molar-refractivity contribution in [2.24, 2.45) is 0 Å². The molecule has 1 aliphatic heterocycles. The Bertz CT molecular complexity index is 1120. The molecule has 5 nitrogen and oxygen atoms in total. The minimum atomic E-state index is -4.42. The fourth-order valence-corrected chi connectivity index (χ4v) is 5.11. The maximum Gasteiger partial charge on any atom is 0.416 e. The molecule has 0 unspecified atom stereocenters. The average molecular weight is 467 g/mol. The van der Waals surface area contributed by atoms with Gasteiger partial charge in [0.1, 0.15) is 9.88 Å². The van der Waals surface area contributed by atoms with E-state index in [-0.39, 0.29) is 17.4 Å². The van der Waals surface area contributed by atoms with Gasteiger partial charge in [0.15, 0.2) is 6.61 Å². The number of aryl methyl sites for hydroxylation is 1.